The molecule has 1 N–H and O–H groups in total. The highest BCUT2D eigenvalue weighted by atomic mass is 35.5. The van der Waals surface area contributed by atoms with Crippen LogP contribution in [0.2, 0.25) is 5.02 Å². The fourth-order valence-corrected chi connectivity index (χ4v) is 3.72. The molecule has 4 nitrogen and oxygen atoms in total. The summed E-state index contributed by atoms with van der Waals surface area (Å²) >= 11 is 5.95. The van der Waals surface area contributed by atoms with Crippen molar-refractivity contribution >= 4 is 17.5 Å². The fraction of sp³-hybridized carbons (Fsp3) is 0.316. The molecule has 0 aliphatic carbocycles. The maximum absolute atomic E-state index is 12.4. The lowest BCUT2D eigenvalue weighted by Gasteiger charge is -2.23. The van der Waals surface area contributed by atoms with Gasteiger partial charge in [-0.25, -0.2) is 0 Å². The molecule has 2 unspecified atom stereocenters. The third-order valence-electron chi connectivity index (χ3n) is 4.80. The topological polar surface area (TPSA) is 41.6 Å². The zero-order chi connectivity index (χ0) is 16.5. The van der Waals surface area contributed by atoms with Crippen molar-refractivity contribution in [1.29, 1.82) is 0 Å². The third kappa shape index (κ3) is 3.25. The van der Waals surface area contributed by atoms with Crippen molar-refractivity contribution < 1.29 is 9.53 Å². The minimum Gasteiger partial charge on any atom is -0.457 e. The van der Waals surface area contributed by atoms with Gasteiger partial charge >= 0.3 is 0 Å². The molecule has 2 bridgehead atoms. The van der Waals surface area contributed by atoms with E-state index in [0.29, 0.717) is 28.0 Å². The normalized spacial score (nSPS) is 24.8. The lowest BCUT2D eigenvalue weighted by Crippen LogP contribution is -2.43. The minimum absolute atomic E-state index is 0.0111. The SMILES string of the molecule is O=C(NC1CN2CC[C@H]1C2)c1ccc(Oc2cccc(Cl)c2)cc1. The molecule has 0 radical (unpaired) electrons. The van der Waals surface area contributed by atoms with Gasteiger partial charge in [-0.1, -0.05) is 17.7 Å². The maximum atomic E-state index is 12.4. The predicted octanol–water partition coefficient (Wildman–Crippen LogP) is 3.57. The monoisotopic (exact) mass is 342 g/mol. The number of hydrogen-bond acceptors (Lipinski definition) is 3. The Hall–Kier alpha value is -2.04. The summed E-state index contributed by atoms with van der Waals surface area (Å²) in [6.07, 6.45) is 1.19. The van der Waals surface area contributed by atoms with E-state index in [-0.39, 0.29) is 11.9 Å². The van der Waals surface area contributed by atoms with E-state index in [1.165, 1.54) is 13.0 Å². The first-order valence-electron chi connectivity index (χ1n) is 8.24. The number of nitrogens with zero attached hydrogens (tertiary/aromatic N) is 1. The van der Waals surface area contributed by atoms with E-state index >= 15 is 0 Å². The number of benzene rings is 2. The van der Waals surface area contributed by atoms with Gasteiger partial charge < -0.3 is 15.0 Å². The molecule has 1 amide bonds. The second-order valence-corrected chi connectivity index (χ2v) is 6.91. The van der Waals surface area contributed by atoms with Crippen LogP contribution in [0.1, 0.15) is 16.8 Å². The Labute approximate surface area is 146 Å². The van der Waals surface area contributed by atoms with Crippen molar-refractivity contribution in [2.24, 2.45) is 5.92 Å². The average Bonchev–Trinajstić information content (AvgIpc) is 3.18. The van der Waals surface area contributed by atoms with Crippen LogP contribution in [-0.2, 0) is 0 Å². The fourth-order valence-electron chi connectivity index (χ4n) is 3.54. The van der Waals surface area contributed by atoms with Gasteiger partial charge in [0.2, 0.25) is 0 Å². The summed E-state index contributed by atoms with van der Waals surface area (Å²) in [6.45, 7) is 3.27. The van der Waals surface area contributed by atoms with E-state index in [1.807, 2.05) is 12.1 Å². The van der Waals surface area contributed by atoms with E-state index in [0.717, 1.165) is 13.1 Å². The van der Waals surface area contributed by atoms with Crippen LogP contribution >= 0.6 is 11.6 Å². The quantitative estimate of drug-likeness (QED) is 0.923. The van der Waals surface area contributed by atoms with Crippen molar-refractivity contribution in [3.05, 3.63) is 59.1 Å². The molecule has 0 spiro atoms. The van der Waals surface area contributed by atoms with E-state index in [1.54, 1.807) is 36.4 Å². The van der Waals surface area contributed by atoms with Gasteiger partial charge in [-0.2, -0.15) is 0 Å². The molecule has 24 heavy (non-hydrogen) atoms. The molecule has 0 aromatic heterocycles. The highest BCUT2D eigenvalue weighted by molar-refractivity contribution is 6.30. The van der Waals surface area contributed by atoms with Gasteiger partial charge in [0.1, 0.15) is 11.5 Å². The number of halogens is 1. The van der Waals surface area contributed by atoms with Crippen molar-refractivity contribution in [2.75, 3.05) is 19.6 Å². The highest BCUT2D eigenvalue weighted by Crippen LogP contribution is 2.28. The first-order valence-corrected chi connectivity index (χ1v) is 8.62. The third-order valence-corrected chi connectivity index (χ3v) is 5.03. The van der Waals surface area contributed by atoms with E-state index in [2.05, 4.69) is 10.2 Å². The number of fused-ring (bicyclic) bond motifs is 2. The number of piperidine rings is 1. The van der Waals surface area contributed by atoms with Crippen LogP contribution < -0.4 is 10.1 Å². The number of rotatable bonds is 4. The molecule has 0 saturated carbocycles. The van der Waals surface area contributed by atoms with Crippen molar-refractivity contribution in [3.63, 3.8) is 0 Å². The summed E-state index contributed by atoms with van der Waals surface area (Å²) in [6, 6.07) is 14.7. The number of nitrogens with one attached hydrogen (secondary N) is 1. The Kier molecular flexibility index (Phi) is 4.17. The number of carbonyl (C=O) groups excluding carboxylic acids is 1. The number of carbonyl (C=O) groups is 1. The standard InChI is InChI=1S/C19H19ClN2O2/c20-15-2-1-3-17(10-15)24-16-6-4-13(5-7-16)19(23)21-18-12-22-9-8-14(18)11-22/h1-7,10,14,18H,8-9,11-12H2,(H,21,23)/t14-,18?/m0/s1. The molecule has 4 rings (SSSR count). The molecule has 2 aliphatic heterocycles. The summed E-state index contributed by atoms with van der Waals surface area (Å²) in [5, 5.41) is 3.79. The average molecular weight is 343 g/mol. The largest absolute Gasteiger partial charge is 0.457 e. The highest BCUT2D eigenvalue weighted by Gasteiger charge is 2.38. The van der Waals surface area contributed by atoms with E-state index < -0.39 is 0 Å². The molecule has 2 aliphatic rings. The van der Waals surface area contributed by atoms with Gasteiger partial charge in [0, 0.05) is 29.7 Å². The van der Waals surface area contributed by atoms with Crippen LogP contribution in [0.4, 0.5) is 0 Å². The predicted molar refractivity (Wildman–Crippen MR) is 93.8 cm³/mol. The van der Waals surface area contributed by atoms with Crippen LogP contribution in [0, 0.1) is 5.92 Å². The second kappa shape index (κ2) is 6.46. The molecule has 5 heteroatoms. The van der Waals surface area contributed by atoms with Crippen molar-refractivity contribution in [3.8, 4) is 11.5 Å². The van der Waals surface area contributed by atoms with Gasteiger partial charge in [-0.3, -0.25) is 4.79 Å². The zero-order valence-corrected chi connectivity index (χ0v) is 14.0. The van der Waals surface area contributed by atoms with E-state index in [4.69, 9.17) is 16.3 Å². The molecule has 3 atom stereocenters. The molecule has 2 aromatic rings. The molecule has 2 saturated heterocycles. The second-order valence-electron chi connectivity index (χ2n) is 6.47. The van der Waals surface area contributed by atoms with Crippen LogP contribution in [0.15, 0.2) is 48.5 Å². The summed E-state index contributed by atoms with van der Waals surface area (Å²) in [7, 11) is 0. The zero-order valence-electron chi connectivity index (χ0n) is 13.2. The number of amides is 1. The van der Waals surface area contributed by atoms with Gasteiger partial charge in [0.25, 0.3) is 5.91 Å². The Morgan fingerprint density at radius 2 is 1.96 bits per heavy atom. The first kappa shape index (κ1) is 15.5. The Balaban J connectivity index is 1.39. The number of ether oxygens (including phenoxy) is 1. The van der Waals surface area contributed by atoms with Gasteiger partial charge in [-0.15, -0.1) is 0 Å². The van der Waals surface area contributed by atoms with Crippen molar-refractivity contribution in [2.45, 2.75) is 12.5 Å². The summed E-state index contributed by atoms with van der Waals surface area (Å²) < 4.78 is 5.74. The summed E-state index contributed by atoms with van der Waals surface area (Å²) in [4.78, 5) is 14.8. The molecule has 2 aromatic carbocycles. The number of hydrogen-bond donors (Lipinski definition) is 1. The lowest BCUT2D eigenvalue weighted by atomic mass is 9.99. The summed E-state index contributed by atoms with van der Waals surface area (Å²) in [5.41, 5.74) is 0.659. The van der Waals surface area contributed by atoms with Gasteiger partial charge in [-0.05, 0) is 61.3 Å². The lowest BCUT2D eigenvalue weighted by molar-refractivity contribution is 0.0924. The molecular weight excluding hydrogens is 324 g/mol. The van der Waals surface area contributed by atoms with Gasteiger partial charge in [0.05, 0.1) is 0 Å². The molecule has 2 fully saturated rings. The smallest absolute Gasteiger partial charge is 0.251 e. The van der Waals surface area contributed by atoms with E-state index in [9.17, 15) is 4.79 Å². The van der Waals surface area contributed by atoms with Crippen LogP contribution in [-0.4, -0.2) is 36.5 Å². The Morgan fingerprint density at radius 1 is 1.12 bits per heavy atom. The van der Waals surface area contributed by atoms with Crippen LogP contribution in [0.5, 0.6) is 11.5 Å². The van der Waals surface area contributed by atoms with Gasteiger partial charge in [0.15, 0.2) is 0 Å². The molecule has 2 heterocycles. The van der Waals surface area contributed by atoms with Crippen molar-refractivity contribution in [1.82, 2.24) is 10.2 Å². The molecule has 124 valence electrons. The van der Waals surface area contributed by atoms with Crippen LogP contribution in [0.25, 0.3) is 0 Å². The maximum Gasteiger partial charge on any atom is 0.251 e. The minimum atomic E-state index is -0.0111. The Morgan fingerprint density at radius 3 is 2.62 bits per heavy atom. The first-order chi connectivity index (χ1) is 11.7. The molecular formula is C19H19ClN2O2. The summed E-state index contributed by atoms with van der Waals surface area (Å²) in [5.74, 6) is 1.96. The van der Waals surface area contributed by atoms with Crippen LogP contribution in [0.3, 0.4) is 0 Å². The Bertz CT molecular complexity index is 747.